The lowest BCUT2D eigenvalue weighted by Crippen LogP contribution is -2.45. The number of rotatable bonds is 5. The molecule has 1 aliphatic heterocycles. The van der Waals surface area contributed by atoms with Crippen LogP contribution in [0.25, 0.3) is 0 Å². The molecule has 3 heteroatoms. The number of likely N-dealkylation sites (tertiary alicyclic amines) is 1. The molecule has 1 heterocycles. The Morgan fingerprint density at radius 2 is 1.94 bits per heavy atom. The maximum absolute atomic E-state index is 12.2. The summed E-state index contributed by atoms with van der Waals surface area (Å²) in [5, 5.41) is 3.29. The van der Waals surface area contributed by atoms with Gasteiger partial charge < -0.3 is 10.2 Å². The minimum absolute atomic E-state index is 0.0432. The molecule has 1 fully saturated rings. The van der Waals surface area contributed by atoms with Crippen molar-refractivity contribution in [2.45, 2.75) is 52.0 Å². The summed E-state index contributed by atoms with van der Waals surface area (Å²) in [7, 11) is 0. The summed E-state index contributed by atoms with van der Waals surface area (Å²) < 4.78 is 0. The SMILES string of the molecule is C/C=C/CCNC(C)C(=O)N1CCCCCC1. The topological polar surface area (TPSA) is 32.3 Å². The van der Waals surface area contributed by atoms with E-state index in [0.29, 0.717) is 0 Å². The van der Waals surface area contributed by atoms with Gasteiger partial charge in [0.2, 0.25) is 5.91 Å². The Labute approximate surface area is 105 Å². The summed E-state index contributed by atoms with van der Waals surface area (Å²) in [5.74, 6) is 0.271. The summed E-state index contributed by atoms with van der Waals surface area (Å²) in [6, 6.07) is -0.0432. The third-order valence-corrected chi connectivity index (χ3v) is 3.29. The van der Waals surface area contributed by atoms with Crippen molar-refractivity contribution in [1.82, 2.24) is 10.2 Å². The average molecular weight is 238 g/mol. The van der Waals surface area contributed by atoms with Gasteiger partial charge in [0.25, 0.3) is 0 Å². The molecule has 0 radical (unpaired) electrons. The minimum Gasteiger partial charge on any atom is -0.341 e. The molecule has 0 aromatic rings. The molecule has 98 valence electrons. The second-order valence-corrected chi connectivity index (χ2v) is 4.77. The van der Waals surface area contributed by atoms with Gasteiger partial charge in [0.15, 0.2) is 0 Å². The third-order valence-electron chi connectivity index (χ3n) is 3.29. The van der Waals surface area contributed by atoms with E-state index in [1.807, 2.05) is 24.8 Å². The number of nitrogens with one attached hydrogen (secondary N) is 1. The molecule has 1 atom stereocenters. The molecule has 1 saturated heterocycles. The van der Waals surface area contributed by atoms with Crippen LogP contribution in [0.4, 0.5) is 0 Å². The van der Waals surface area contributed by atoms with Crippen LogP contribution in [-0.2, 0) is 4.79 Å². The van der Waals surface area contributed by atoms with Crippen molar-refractivity contribution in [3.8, 4) is 0 Å². The smallest absolute Gasteiger partial charge is 0.239 e. The predicted octanol–water partition coefficient (Wildman–Crippen LogP) is 2.33. The number of hydrogen-bond acceptors (Lipinski definition) is 2. The van der Waals surface area contributed by atoms with Crippen LogP contribution < -0.4 is 5.32 Å². The lowest BCUT2D eigenvalue weighted by Gasteiger charge is -2.24. The normalized spacial score (nSPS) is 19.3. The van der Waals surface area contributed by atoms with E-state index in [2.05, 4.69) is 11.4 Å². The first-order chi connectivity index (χ1) is 8.25. The Kier molecular flexibility index (Phi) is 6.94. The molecule has 17 heavy (non-hydrogen) atoms. The van der Waals surface area contributed by atoms with Crippen LogP contribution in [0.1, 0.15) is 46.0 Å². The van der Waals surface area contributed by atoms with E-state index in [4.69, 9.17) is 0 Å². The fraction of sp³-hybridized carbons (Fsp3) is 0.786. The third kappa shape index (κ3) is 5.35. The quantitative estimate of drug-likeness (QED) is 0.589. The zero-order chi connectivity index (χ0) is 12.5. The first-order valence-corrected chi connectivity index (χ1v) is 6.89. The largest absolute Gasteiger partial charge is 0.341 e. The van der Waals surface area contributed by atoms with E-state index in [-0.39, 0.29) is 11.9 Å². The Morgan fingerprint density at radius 1 is 1.29 bits per heavy atom. The van der Waals surface area contributed by atoms with E-state index in [0.717, 1.165) is 38.9 Å². The minimum atomic E-state index is -0.0432. The molecule has 1 unspecified atom stereocenters. The zero-order valence-corrected chi connectivity index (χ0v) is 11.2. The Morgan fingerprint density at radius 3 is 2.53 bits per heavy atom. The number of allylic oxidation sites excluding steroid dienone is 1. The summed E-state index contributed by atoms with van der Waals surface area (Å²) in [6.45, 7) is 6.76. The van der Waals surface area contributed by atoms with Crippen LogP contribution in [0.15, 0.2) is 12.2 Å². The molecule has 1 N–H and O–H groups in total. The van der Waals surface area contributed by atoms with Gasteiger partial charge in [0.1, 0.15) is 0 Å². The van der Waals surface area contributed by atoms with Gasteiger partial charge >= 0.3 is 0 Å². The highest BCUT2D eigenvalue weighted by atomic mass is 16.2. The monoisotopic (exact) mass is 238 g/mol. The second-order valence-electron chi connectivity index (χ2n) is 4.77. The number of amides is 1. The fourth-order valence-electron chi connectivity index (χ4n) is 2.20. The molecular weight excluding hydrogens is 212 g/mol. The van der Waals surface area contributed by atoms with E-state index in [9.17, 15) is 4.79 Å². The van der Waals surface area contributed by atoms with Crippen molar-refractivity contribution >= 4 is 5.91 Å². The summed E-state index contributed by atoms with van der Waals surface area (Å²) in [5.41, 5.74) is 0. The number of carbonyl (C=O) groups is 1. The fourth-order valence-corrected chi connectivity index (χ4v) is 2.20. The van der Waals surface area contributed by atoms with E-state index in [1.54, 1.807) is 0 Å². The van der Waals surface area contributed by atoms with Crippen molar-refractivity contribution in [1.29, 1.82) is 0 Å². The van der Waals surface area contributed by atoms with Crippen LogP contribution in [0.2, 0.25) is 0 Å². The van der Waals surface area contributed by atoms with Crippen molar-refractivity contribution in [2.24, 2.45) is 0 Å². The highest BCUT2D eigenvalue weighted by molar-refractivity contribution is 5.81. The van der Waals surface area contributed by atoms with Crippen LogP contribution in [0.5, 0.6) is 0 Å². The lowest BCUT2D eigenvalue weighted by molar-refractivity contribution is -0.132. The van der Waals surface area contributed by atoms with Crippen molar-refractivity contribution in [2.75, 3.05) is 19.6 Å². The van der Waals surface area contributed by atoms with E-state index < -0.39 is 0 Å². The zero-order valence-electron chi connectivity index (χ0n) is 11.2. The molecular formula is C14H26N2O. The van der Waals surface area contributed by atoms with Gasteiger partial charge in [-0.15, -0.1) is 0 Å². The van der Waals surface area contributed by atoms with Gasteiger partial charge in [-0.3, -0.25) is 4.79 Å². The van der Waals surface area contributed by atoms with Gasteiger partial charge in [-0.2, -0.15) is 0 Å². The van der Waals surface area contributed by atoms with E-state index in [1.165, 1.54) is 12.8 Å². The first kappa shape index (κ1) is 14.2. The van der Waals surface area contributed by atoms with Crippen LogP contribution in [0, 0.1) is 0 Å². The summed E-state index contributed by atoms with van der Waals surface area (Å²) >= 11 is 0. The van der Waals surface area contributed by atoms with Gasteiger partial charge in [-0.25, -0.2) is 0 Å². The van der Waals surface area contributed by atoms with Crippen LogP contribution in [0.3, 0.4) is 0 Å². The summed E-state index contributed by atoms with van der Waals surface area (Å²) in [4.78, 5) is 14.2. The van der Waals surface area contributed by atoms with Crippen molar-refractivity contribution in [3.63, 3.8) is 0 Å². The second kappa shape index (κ2) is 8.29. The van der Waals surface area contributed by atoms with Gasteiger partial charge in [0, 0.05) is 13.1 Å². The average Bonchev–Trinajstić information content (AvgIpc) is 2.62. The van der Waals surface area contributed by atoms with Crippen LogP contribution >= 0.6 is 0 Å². The molecule has 0 saturated carbocycles. The Bertz CT molecular complexity index is 243. The van der Waals surface area contributed by atoms with Gasteiger partial charge in [0.05, 0.1) is 6.04 Å². The predicted molar refractivity (Wildman–Crippen MR) is 71.9 cm³/mol. The van der Waals surface area contributed by atoms with Gasteiger partial charge in [-0.05, 0) is 39.7 Å². The molecule has 0 aromatic carbocycles. The molecule has 3 nitrogen and oxygen atoms in total. The first-order valence-electron chi connectivity index (χ1n) is 6.89. The molecule has 1 aliphatic rings. The molecule has 1 amide bonds. The van der Waals surface area contributed by atoms with Crippen molar-refractivity contribution in [3.05, 3.63) is 12.2 Å². The Hall–Kier alpha value is -0.830. The van der Waals surface area contributed by atoms with Gasteiger partial charge in [-0.1, -0.05) is 25.0 Å². The Balaban J connectivity index is 2.28. The lowest BCUT2D eigenvalue weighted by atomic mass is 10.2. The maximum Gasteiger partial charge on any atom is 0.239 e. The molecule has 1 rings (SSSR count). The standard InChI is InChI=1S/C14H26N2O/c1-3-4-7-10-15-13(2)14(17)16-11-8-5-6-9-12-16/h3-4,13,15H,5-12H2,1-2H3/b4-3+. The number of nitrogens with zero attached hydrogens (tertiary/aromatic N) is 1. The maximum atomic E-state index is 12.2. The number of hydrogen-bond donors (Lipinski definition) is 1. The summed E-state index contributed by atoms with van der Waals surface area (Å²) in [6.07, 6.45) is 10.0. The molecule has 0 aliphatic carbocycles. The number of carbonyl (C=O) groups excluding carboxylic acids is 1. The van der Waals surface area contributed by atoms with E-state index >= 15 is 0 Å². The van der Waals surface area contributed by atoms with Crippen molar-refractivity contribution < 1.29 is 4.79 Å². The van der Waals surface area contributed by atoms with Crippen LogP contribution in [-0.4, -0.2) is 36.5 Å². The molecule has 0 bridgehead atoms. The molecule has 0 aromatic heterocycles. The highest BCUT2D eigenvalue weighted by Crippen LogP contribution is 2.10. The highest BCUT2D eigenvalue weighted by Gasteiger charge is 2.20. The molecule has 0 spiro atoms.